The minimum atomic E-state index is -0.285. The molecule has 0 bridgehead atoms. The number of benzene rings is 2. The van der Waals surface area contributed by atoms with E-state index in [-0.39, 0.29) is 11.6 Å². The van der Waals surface area contributed by atoms with E-state index in [2.05, 4.69) is 24.0 Å². The van der Waals surface area contributed by atoms with Gasteiger partial charge in [0.2, 0.25) is 10.5 Å². The summed E-state index contributed by atoms with van der Waals surface area (Å²) >= 11 is 1.46. The number of hydrogen-bond acceptors (Lipinski definition) is 2. The van der Waals surface area contributed by atoms with Crippen LogP contribution in [0.4, 0.5) is 4.39 Å². The quantitative estimate of drug-likeness (QED) is 0.526. The number of fused-ring (bicyclic) bond motifs is 1. The van der Waals surface area contributed by atoms with E-state index in [0.29, 0.717) is 16.9 Å². The van der Waals surface area contributed by atoms with Crippen molar-refractivity contribution in [3.8, 4) is 0 Å². The highest BCUT2D eigenvalue weighted by atomic mass is 32.2. The van der Waals surface area contributed by atoms with Crippen molar-refractivity contribution in [2.75, 3.05) is 5.75 Å². The number of halogens is 1. The Bertz CT molecular complexity index is 892. The molecule has 3 rings (SSSR count). The number of hydrogen-bond donors (Lipinski definition) is 0. The number of thioether (sulfide) groups is 1. The first-order valence-corrected chi connectivity index (χ1v) is 8.37. The Morgan fingerprint density at radius 1 is 1.09 bits per heavy atom. The SMILES string of the molecule is Cc1cc(C(=O)CSc2cc(C)c3ccccc3[nH+]2)ccc1F. The van der Waals surface area contributed by atoms with Crippen molar-refractivity contribution in [3.63, 3.8) is 0 Å². The molecule has 0 saturated carbocycles. The minimum absolute atomic E-state index is 0.00249. The molecule has 23 heavy (non-hydrogen) atoms. The van der Waals surface area contributed by atoms with Gasteiger partial charge in [-0.15, -0.1) is 0 Å². The molecular formula is C19H17FNOS+. The van der Waals surface area contributed by atoms with Crippen LogP contribution < -0.4 is 4.98 Å². The molecule has 0 spiro atoms. The molecule has 1 N–H and O–H groups in total. The van der Waals surface area contributed by atoms with Crippen molar-refractivity contribution < 1.29 is 14.2 Å². The van der Waals surface area contributed by atoms with Gasteiger partial charge < -0.3 is 0 Å². The molecule has 1 aromatic heterocycles. The summed E-state index contributed by atoms with van der Waals surface area (Å²) in [5.74, 6) is 0.0318. The molecule has 0 aliphatic carbocycles. The number of aryl methyl sites for hydroxylation is 2. The fraction of sp³-hybridized carbons (Fsp3) is 0.158. The number of aromatic nitrogens is 1. The predicted octanol–water partition coefficient (Wildman–Crippen LogP) is 4.38. The summed E-state index contributed by atoms with van der Waals surface area (Å²) in [6.07, 6.45) is 0. The summed E-state index contributed by atoms with van der Waals surface area (Å²) in [5.41, 5.74) is 3.27. The van der Waals surface area contributed by atoms with Crippen LogP contribution >= 0.6 is 11.8 Å². The van der Waals surface area contributed by atoms with Gasteiger partial charge >= 0.3 is 0 Å². The van der Waals surface area contributed by atoms with Crippen LogP contribution in [0.25, 0.3) is 10.9 Å². The Morgan fingerprint density at radius 3 is 2.65 bits per heavy atom. The van der Waals surface area contributed by atoms with Crippen molar-refractivity contribution >= 4 is 28.4 Å². The average molecular weight is 326 g/mol. The molecule has 0 atom stereocenters. The third-order valence-corrected chi connectivity index (χ3v) is 4.73. The number of rotatable bonds is 4. The van der Waals surface area contributed by atoms with Crippen LogP contribution in [0.3, 0.4) is 0 Å². The van der Waals surface area contributed by atoms with Crippen LogP contribution in [0.2, 0.25) is 0 Å². The number of carbonyl (C=O) groups is 1. The summed E-state index contributed by atoms with van der Waals surface area (Å²) in [6.45, 7) is 3.73. The van der Waals surface area contributed by atoms with E-state index >= 15 is 0 Å². The van der Waals surface area contributed by atoms with Gasteiger partial charge in [-0.25, -0.2) is 4.39 Å². The Labute approximate surface area is 138 Å². The van der Waals surface area contributed by atoms with Gasteiger partial charge in [0.05, 0.1) is 5.75 Å². The molecule has 0 saturated heterocycles. The number of aromatic amines is 1. The third kappa shape index (κ3) is 3.42. The van der Waals surface area contributed by atoms with Crippen molar-refractivity contribution in [2.24, 2.45) is 0 Å². The highest BCUT2D eigenvalue weighted by Gasteiger charge is 2.13. The fourth-order valence-corrected chi connectivity index (χ4v) is 3.40. The Hall–Kier alpha value is -2.20. The van der Waals surface area contributed by atoms with Gasteiger partial charge in [-0.05, 0) is 61.0 Å². The molecule has 4 heteroatoms. The lowest BCUT2D eigenvalue weighted by Gasteiger charge is -2.03. The van der Waals surface area contributed by atoms with Crippen LogP contribution in [0.5, 0.6) is 0 Å². The van der Waals surface area contributed by atoms with E-state index in [0.717, 1.165) is 10.5 Å². The molecule has 1 heterocycles. The smallest absolute Gasteiger partial charge is 0.239 e. The molecule has 0 fully saturated rings. The highest BCUT2D eigenvalue weighted by molar-refractivity contribution is 7.99. The number of H-pyrrole nitrogens is 1. The Morgan fingerprint density at radius 2 is 1.87 bits per heavy atom. The van der Waals surface area contributed by atoms with E-state index in [1.54, 1.807) is 19.1 Å². The third-order valence-electron chi connectivity index (χ3n) is 3.80. The molecule has 0 unspecified atom stereocenters. The van der Waals surface area contributed by atoms with E-state index < -0.39 is 0 Å². The summed E-state index contributed by atoms with van der Waals surface area (Å²) < 4.78 is 13.3. The lowest BCUT2D eigenvalue weighted by atomic mass is 10.1. The molecule has 0 aliphatic heterocycles. The number of para-hydroxylation sites is 1. The van der Waals surface area contributed by atoms with Gasteiger partial charge in [0.1, 0.15) is 5.82 Å². The van der Waals surface area contributed by atoms with E-state index in [1.807, 2.05) is 18.2 Å². The van der Waals surface area contributed by atoms with Gasteiger partial charge in [0.15, 0.2) is 5.78 Å². The second-order valence-corrected chi connectivity index (χ2v) is 6.56. The molecule has 2 aromatic carbocycles. The zero-order valence-corrected chi connectivity index (χ0v) is 13.8. The van der Waals surface area contributed by atoms with Gasteiger partial charge in [-0.3, -0.25) is 4.79 Å². The van der Waals surface area contributed by atoms with Crippen molar-refractivity contribution in [1.82, 2.24) is 0 Å². The van der Waals surface area contributed by atoms with Crippen LogP contribution in [-0.2, 0) is 0 Å². The monoisotopic (exact) mass is 326 g/mol. The van der Waals surface area contributed by atoms with Gasteiger partial charge in [-0.2, -0.15) is 4.98 Å². The second-order valence-electron chi connectivity index (χ2n) is 5.54. The highest BCUT2D eigenvalue weighted by Crippen LogP contribution is 2.21. The van der Waals surface area contributed by atoms with E-state index in [1.165, 1.54) is 28.8 Å². The minimum Gasteiger partial charge on any atom is -0.293 e. The first kappa shape index (κ1) is 15.7. The standard InChI is InChI=1S/C19H16FNOS/c1-12-10-19(21-17-6-4-3-5-15(12)17)23-11-18(22)14-7-8-16(20)13(2)9-14/h3-10H,11H2,1-2H3/p+1. The first-order valence-electron chi connectivity index (χ1n) is 7.38. The lowest BCUT2D eigenvalue weighted by Crippen LogP contribution is -2.11. The number of Topliss-reactive ketones (excluding diaryl/α,β-unsaturated/α-hetero) is 1. The van der Waals surface area contributed by atoms with Crippen molar-refractivity contribution in [3.05, 3.63) is 71.0 Å². The number of pyridine rings is 1. The van der Waals surface area contributed by atoms with Gasteiger partial charge in [-0.1, -0.05) is 12.1 Å². The van der Waals surface area contributed by atoms with E-state index in [9.17, 15) is 9.18 Å². The number of ketones is 1. The maximum absolute atomic E-state index is 13.3. The normalized spacial score (nSPS) is 10.9. The van der Waals surface area contributed by atoms with Crippen LogP contribution in [0.1, 0.15) is 21.5 Å². The average Bonchev–Trinajstić information content (AvgIpc) is 2.55. The first-order chi connectivity index (χ1) is 11.0. The van der Waals surface area contributed by atoms with Crippen LogP contribution in [-0.4, -0.2) is 11.5 Å². The van der Waals surface area contributed by atoms with Crippen molar-refractivity contribution in [2.45, 2.75) is 18.9 Å². The number of carbonyl (C=O) groups excluding carboxylic acids is 1. The molecule has 0 amide bonds. The summed E-state index contributed by atoms with van der Waals surface area (Å²) in [7, 11) is 0. The summed E-state index contributed by atoms with van der Waals surface area (Å²) in [4.78, 5) is 15.6. The zero-order chi connectivity index (χ0) is 16.4. The molecule has 116 valence electrons. The summed E-state index contributed by atoms with van der Waals surface area (Å²) in [6, 6.07) is 14.6. The molecule has 0 aliphatic rings. The zero-order valence-electron chi connectivity index (χ0n) is 13.0. The maximum Gasteiger partial charge on any atom is 0.239 e. The second kappa shape index (κ2) is 6.50. The van der Waals surface area contributed by atoms with Crippen LogP contribution in [0, 0.1) is 19.7 Å². The lowest BCUT2D eigenvalue weighted by molar-refractivity contribution is -0.395. The largest absolute Gasteiger partial charge is 0.293 e. The maximum atomic E-state index is 13.3. The van der Waals surface area contributed by atoms with Gasteiger partial charge in [0.25, 0.3) is 0 Å². The topological polar surface area (TPSA) is 31.2 Å². The Kier molecular flexibility index (Phi) is 4.44. The molecule has 2 nitrogen and oxygen atoms in total. The Balaban J connectivity index is 1.77. The van der Waals surface area contributed by atoms with E-state index in [4.69, 9.17) is 0 Å². The van der Waals surface area contributed by atoms with Crippen molar-refractivity contribution in [1.29, 1.82) is 0 Å². The molecular weight excluding hydrogens is 309 g/mol. The number of nitrogens with one attached hydrogen (secondary N) is 1. The summed E-state index contributed by atoms with van der Waals surface area (Å²) in [5, 5.41) is 2.13. The molecule has 0 radical (unpaired) electrons. The predicted molar refractivity (Wildman–Crippen MR) is 91.4 cm³/mol. The van der Waals surface area contributed by atoms with Gasteiger partial charge in [0, 0.05) is 23.1 Å². The fourth-order valence-electron chi connectivity index (χ4n) is 2.50. The van der Waals surface area contributed by atoms with Crippen LogP contribution in [0.15, 0.2) is 53.6 Å². The molecule has 3 aromatic rings.